The SMILES string of the molecule is O=C(NCCc1nc2ccccc2[nH]1)/C(=C/c1ccc2c(c1)OCO2)NC(=O)c1ccc(Br)o1. The molecular weight excluding hydrogens is 504 g/mol. The highest BCUT2D eigenvalue weighted by Crippen LogP contribution is 2.33. The number of carbonyl (C=O) groups is 2. The molecule has 5 rings (SSSR count). The molecule has 0 unspecified atom stereocenters. The van der Waals surface area contributed by atoms with Crippen LogP contribution in [0.5, 0.6) is 11.5 Å². The maximum Gasteiger partial charge on any atom is 0.291 e. The van der Waals surface area contributed by atoms with Gasteiger partial charge >= 0.3 is 0 Å². The predicted molar refractivity (Wildman–Crippen MR) is 127 cm³/mol. The summed E-state index contributed by atoms with van der Waals surface area (Å²) in [7, 11) is 0. The molecule has 0 spiro atoms. The van der Waals surface area contributed by atoms with Gasteiger partial charge in [0.1, 0.15) is 11.5 Å². The van der Waals surface area contributed by atoms with E-state index in [-0.39, 0.29) is 18.3 Å². The van der Waals surface area contributed by atoms with Crippen molar-refractivity contribution in [2.75, 3.05) is 13.3 Å². The minimum atomic E-state index is -0.551. The van der Waals surface area contributed by atoms with Crippen molar-refractivity contribution in [3.8, 4) is 11.5 Å². The standard InChI is InChI=1S/C24H19BrN4O5/c25-21-8-7-19(34-21)24(31)29-17(11-14-5-6-18-20(12-14)33-13-32-18)23(30)26-10-9-22-27-15-3-1-2-4-16(15)28-22/h1-8,11-12H,9-10,13H2,(H,26,30)(H,27,28)(H,29,31)/b17-11-. The number of amides is 2. The van der Waals surface area contributed by atoms with E-state index in [1.54, 1.807) is 30.3 Å². The Bertz CT molecular complexity index is 1370. The molecule has 3 heterocycles. The molecular formula is C24H19BrN4O5. The maximum absolute atomic E-state index is 13.0. The number of fused-ring (bicyclic) bond motifs is 2. The summed E-state index contributed by atoms with van der Waals surface area (Å²) in [5, 5.41) is 5.47. The smallest absolute Gasteiger partial charge is 0.291 e. The van der Waals surface area contributed by atoms with Crippen molar-refractivity contribution in [3.05, 3.63) is 82.1 Å². The first-order chi connectivity index (χ1) is 16.5. The van der Waals surface area contributed by atoms with Crippen LogP contribution in [0.25, 0.3) is 17.1 Å². The molecule has 0 atom stereocenters. The van der Waals surface area contributed by atoms with Gasteiger partial charge < -0.3 is 29.5 Å². The molecule has 9 nitrogen and oxygen atoms in total. The van der Waals surface area contributed by atoms with E-state index in [2.05, 4.69) is 36.5 Å². The Morgan fingerprint density at radius 2 is 1.94 bits per heavy atom. The third-order valence-corrected chi connectivity index (χ3v) is 5.51. The van der Waals surface area contributed by atoms with Gasteiger partial charge in [-0.25, -0.2) is 4.98 Å². The van der Waals surface area contributed by atoms with Crippen LogP contribution in [-0.2, 0) is 11.2 Å². The molecule has 0 fully saturated rings. The summed E-state index contributed by atoms with van der Waals surface area (Å²) in [4.78, 5) is 33.4. The van der Waals surface area contributed by atoms with E-state index in [0.717, 1.165) is 16.9 Å². The summed E-state index contributed by atoms with van der Waals surface area (Å²) in [6.07, 6.45) is 2.06. The molecule has 4 aromatic rings. The molecule has 2 aromatic heterocycles. The summed E-state index contributed by atoms with van der Waals surface area (Å²) in [5.74, 6) is 1.02. The molecule has 0 aliphatic carbocycles. The lowest BCUT2D eigenvalue weighted by molar-refractivity contribution is -0.117. The number of ether oxygens (including phenoxy) is 2. The van der Waals surface area contributed by atoms with Crippen LogP contribution in [-0.4, -0.2) is 35.1 Å². The summed E-state index contributed by atoms with van der Waals surface area (Å²) < 4.78 is 16.4. The van der Waals surface area contributed by atoms with Gasteiger partial charge in [-0.3, -0.25) is 9.59 Å². The second kappa shape index (κ2) is 9.44. The number of hydrogen-bond donors (Lipinski definition) is 3. The normalized spacial score (nSPS) is 12.7. The van der Waals surface area contributed by atoms with E-state index in [4.69, 9.17) is 13.9 Å². The van der Waals surface area contributed by atoms with Gasteiger partial charge in [-0.15, -0.1) is 0 Å². The number of halogens is 1. The first-order valence-electron chi connectivity index (χ1n) is 10.4. The van der Waals surface area contributed by atoms with Gasteiger partial charge in [0.15, 0.2) is 21.9 Å². The van der Waals surface area contributed by atoms with Crippen LogP contribution >= 0.6 is 15.9 Å². The van der Waals surface area contributed by atoms with E-state index >= 15 is 0 Å². The number of nitrogens with zero attached hydrogens (tertiary/aromatic N) is 1. The van der Waals surface area contributed by atoms with E-state index < -0.39 is 11.8 Å². The van der Waals surface area contributed by atoms with E-state index in [1.165, 1.54) is 6.07 Å². The Morgan fingerprint density at radius 3 is 2.76 bits per heavy atom. The second-order valence-electron chi connectivity index (χ2n) is 7.44. The van der Waals surface area contributed by atoms with Gasteiger partial charge in [0.2, 0.25) is 6.79 Å². The van der Waals surface area contributed by atoms with Crippen molar-refractivity contribution < 1.29 is 23.5 Å². The number of carbonyl (C=O) groups excluding carboxylic acids is 2. The van der Waals surface area contributed by atoms with Crippen LogP contribution in [0.2, 0.25) is 0 Å². The molecule has 0 saturated carbocycles. The number of nitrogens with one attached hydrogen (secondary N) is 3. The lowest BCUT2D eigenvalue weighted by Crippen LogP contribution is -2.35. The van der Waals surface area contributed by atoms with Gasteiger partial charge in [-0.2, -0.15) is 0 Å². The largest absolute Gasteiger partial charge is 0.454 e. The molecule has 0 radical (unpaired) electrons. The van der Waals surface area contributed by atoms with E-state index in [9.17, 15) is 9.59 Å². The first-order valence-corrected chi connectivity index (χ1v) is 11.2. The molecule has 34 heavy (non-hydrogen) atoms. The van der Waals surface area contributed by atoms with Crippen molar-refractivity contribution >= 4 is 44.9 Å². The predicted octanol–water partition coefficient (Wildman–Crippen LogP) is 3.78. The molecule has 2 aromatic carbocycles. The lowest BCUT2D eigenvalue weighted by atomic mass is 10.1. The number of aromatic amines is 1. The highest BCUT2D eigenvalue weighted by molar-refractivity contribution is 9.10. The topological polar surface area (TPSA) is 118 Å². The van der Waals surface area contributed by atoms with Crippen LogP contribution in [0, 0.1) is 0 Å². The van der Waals surface area contributed by atoms with Crippen LogP contribution in [0.3, 0.4) is 0 Å². The fourth-order valence-corrected chi connectivity index (χ4v) is 3.77. The van der Waals surface area contributed by atoms with Gasteiger partial charge in [0.05, 0.1) is 11.0 Å². The van der Waals surface area contributed by atoms with Gasteiger partial charge in [0.25, 0.3) is 11.8 Å². The maximum atomic E-state index is 13.0. The number of furan rings is 1. The van der Waals surface area contributed by atoms with Crippen molar-refractivity contribution in [3.63, 3.8) is 0 Å². The molecule has 172 valence electrons. The summed E-state index contributed by atoms with van der Waals surface area (Å²) >= 11 is 3.17. The third kappa shape index (κ3) is 4.81. The van der Waals surface area contributed by atoms with Crippen molar-refractivity contribution in [2.24, 2.45) is 0 Å². The molecule has 0 saturated heterocycles. The number of H-pyrrole nitrogens is 1. The van der Waals surface area contributed by atoms with Crippen molar-refractivity contribution in [2.45, 2.75) is 6.42 Å². The Kier molecular flexibility index (Phi) is 6.05. The summed E-state index contributed by atoms with van der Waals surface area (Å²) in [6.45, 7) is 0.459. The second-order valence-corrected chi connectivity index (χ2v) is 8.22. The Hall–Kier alpha value is -4.05. The zero-order valence-electron chi connectivity index (χ0n) is 17.8. The number of aromatic nitrogens is 2. The highest BCUT2D eigenvalue weighted by Gasteiger charge is 2.18. The summed E-state index contributed by atoms with van der Waals surface area (Å²) in [5.41, 5.74) is 2.52. The zero-order valence-corrected chi connectivity index (χ0v) is 19.3. The minimum absolute atomic E-state index is 0.0565. The number of imidazole rings is 1. The van der Waals surface area contributed by atoms with Crippen molar-refractivity contribution in [1.82, 2.24) is 20.6 Å². The van der Waals surface area contributed by atoms with Crippen molar-refractivity contribution in [1.29, 1.82) is 0 Å². The Labute approximate surface area is 202 Å². The average molecular weight is 523 g/mol. The Balaban J connectivity index is 1.32. The lowest BCUT2D eigenvalue weighted by Gasteiger charge is -2.10. The Morgan fingerprint density at radius 1 is 1.09 bits per heavy atom. The van der Waals surface area contributed by atoms with Gasteiger partial charge in [-0.1, -0.05) is 18.2 Å². The molecule has 2 amide bonds. The highest BCUT2D eigenvalue weighted by atomic mass is 79.9. The average Bonchev–Trinajstić information content (AvgIpc) is 3.57. The number of benzene rings is 2. The fraction of sp³-hybridized carbons (Fsp3) is 0.125. The van der Waals surface area contributed by atoms with Crippen LogP contribution in [0.1, 0.15) is 21.9 Å². The molecule has 1 aliphatic heterocycles. The fourth-order valence-electron chi connectivity index (χ4n) is 3.46. The molecule has 3 N–H and O–H groups in total. The summed E-state index contributed by atoms with van der Waals surface area (Å²) in [6, 6.07) is 16.1. The monoisotopic (exact) mass is 522 g/mol. The number of hydrogen-bond acceptors (Lipinski definition) is 6. The van der Waals surface area contributed by atoms with Crippen LogP contribution in [0.15, 0.2) is 69.4 Å². The third-order valence-electron chi connectivity index (χ3n) is 5.08. The van der Waals surface area contributed by atoms with Crippen LogP contribution < -0.4 is 20.1 Å². The molecule has 1 aliphatic rings. The first kappa shape index (κ1) is 21.8. The number of para-hydroxylation sites is 2. The quantitative estimate of drug-likeness (QED) is 0.318. The zero-order chi connectivity index (χ0) is 23.5. The van der Waals surface area contributed by atoms with Gasteiger partial charge in [-0.05, 0) is 64.0 Å². The molecule has 0 bridgehead atoms. The minimum Gasteiger partial charge on any atom is -0.454 e. The molecule has 10 heteroatoms. The number of rotatable bonds is 7. The van der Waals surface area contributed by atoms with Gasteiger partial charge in [0, 0.05) is 13.0 Å². The van der Waals surface area contributed by atoms with Crippen LogP contribution in [0.4, 0.5) is 0 Å². The van der Waals surface area contributed by atoms with E-state index in [1.807, 2.05) is 24.3 Å². The van der Waals surface area contributed by atoms with E-state index in [0.29, 0.717) is 34.7 Å².